The van der Waals surface area contributed by atoms with Crippen molar-refractivity contribution in [3.63, 3.8) is 0 Å². The van der Waals surface area contributed by atoms with Crippen LogP contribution in [0.25, 0.3) is 22.6 Å². The molecule has 4 rings (SSSR count). The summed E-state index contributed by atoms with van der Waals surface area (Å²) in [6, 6.07) is 3.00. The highest BCUT2D eigenvalue weighted by atomic mass is 35.5. The number of halogens is 5. The molecule has 1 aromatic carbocycles. The van der Waals surface area contributed by atoms with Crippen LogP contribution in [0.5, 0.6) is 0 Å². The summed E-state index contributed by atoms with van der Waals surface area (Å²) in [6.45, 7) is 1.51. The van der Waals surface area contributed by atoms with E-state index in [9.17, 15) is 27.5 Å². The molecule has 0 radical (unpaired) electrons. The molecule has 3 aromatic rings. The minimum atomic E-state index is -4.89. The summed E-state index contributed by atoms with van der Waals surface area (Å²) >= 11 is 6.05. The molecule has 0 unspecified atom stereocenters. The van der Waals surface area contributed by atoms with Crippen LogP contribution in [-0.4, -0.2) is 38.7 Å². The molecule has 0 aliphatic heterocycles. The number of hydrogen-bond donors (Lipinski definition) is 1. The zero-order chi connectivity index (χ0) is 23.4. The van der Waals surface area contributed by atoms with Crippen LogP contribution in [0, 0.1) is 5.82 Å². The van der Waals surface area contributed by atoms with Crippen molar-refractivity contribution in [1.82, 2.24) is 14.9 Å². The highest BCUT2D eigenvalue weighted by Gasteiger charge is 2.47. The molecule has 170 valence electrons. The van der Waals surface area contributed by atoms with Crippen LogP contribution in [-0.2, 0) is 10.9 Å². The van der Waals surface area contributed by atoms with Crippen LogP contribution in [0.1, 0.15) is 41.9 Å². The average Bonchev–Trinajstić information content (AvgIpc) is 3.29. The van der Waals surface area contributed by atoms with Gasteiger partial charge in [-0.1, -0.05) is 22.8 Å². The molecule has 0 saturated heterocycles. The van der Waals surface area contributed by atoms with Crippen molar-refractivity contribution in [2.45, 2.75) is 37.6 Å². The van der Waals surface area contributed by atoms with Gasteiger partial charge < -0.3 is 14.4 Å². The molecular weight excluding hydrogens is 458 g/mol. The molecule has 1 fully saturated rings. The van der Waals surface area contributed by atoms with Crippen molar-refractivity contribution in [2.24, 2.45) is 0 Å². The normalized spacial score (nSPS) is 20.8. The molecule has 2 heterocycles. The SMILES string of the molecule is COC(=O)c1c(-c2c(F)cccc2Cl)noc1-c1cnn([C@H]2C[C@](C)(O)C2)c1C(F)(F)F. The fourth-order valence-corrected chi connectivity index (χ4v) is 4.13. The van der Waals surface area contributed by atoms with E-state index in [0.29, 0.717) is 0 Å². The molecule has 0 amide bonds. The van der Waals surface area contributed by atoms with Gasteiger partial charge in [-0.25, -0.2) is 9.18 Å². The van der Waals surface area contributed by atoms with Crippen molar-refractivity contribution in [1.29, 1.82) is 0 Å². The molecule has 7 nitrogen and oxygen atoms in total. The summed E-state index contributed by atoms with van der Waals surface area (Å²) in [4.78, 5) is 12.5. The molecule has 12 heteroatoms. The van der Waals surface area contributed by atoms with E-state index in [2.05, 4.69) is 10.3 Å². The van der Waals surface area contributed by atoms with Gasteiger partial charge in [0.2, 0.25) is 0 Å². The van der Waals surface area contributed by atoms with Crippen molar-refractivity contribution in [3.8, 4) is 22.6 Å². The topological polar surface area (TPSA) is 90.4 Å². The monoisotopic (exact) mass is 473 g/mol. The second-order valence-corrected chi connectivity index (χ2v) is 8.14. The number of nitrogens with zero attached hydrogens (tertiary/aromatic N) is 3. The third-order valence-corrected chi connectivity index (χ3v) is 5.60. The number of esters is 1. The summed E-state index contributed by atoms with van der Waals surface area (Å²) in [5, 5.41) is 17.3. The Kier molecular flexibility index (Phi) is 5.29. The maximum atomic E-state index is 14.5. The van der Waals surface area contributed by atoms with E-state index in [1.165, 1.54) is 19.1 Å². The summed E-state index contributed by atoms with van der Waals surface area (Å²) in [6.07, 6.45) is -3.88. The van der Waals surface area contributed by atoms with Crippen LogP contribution < -0.4 is 0 Å². The molecule has 32 heavy (non-hydrogen) atoms. The van der Waals surface area contributed by atoms with Gasteiger partial charge in [0, 0.05) is 0 Å². The molecular formula is C20H16ClF4N3O4. The molecule has 2 aromatic heterocycles. The standard InChI is InChI=1S/C20H16ClF4N3O4/c1-19(30)6-9(7-19)28-17(20(23,24)25)10(8-26-28)16-14(18(29)31-2)15(27-32-16)13-11(21)4-3-5-12(13)22/h3-5,8-9,30H,6-7H2,1-2H3/t9-,19-. The van der Waals surface area contributed by atoms with E-state index in [1.54, 1.807) is 0 Å². The summed E-state index contributed by atoms with van der Waals surface area (Å²) < 4.78 is 67.1. The van der Waals surface area contributed by atoms with E-state index in [1.807, 2.05) is 0 Å². The maximum absolute atomic E-state index is 14.5. The van der Waals surface area contributed by atoms with Gasteiger partial charge in [-0.2, -0.15) is 18.3 Å². The Morgan fingerprint density at radius 2 is 2.06 bits per heavy atom. The van der Waals surface area contributed by atoms with Crippen LogP contribution in [0.15, 0.2) is 28.9 Å². The molecule has 0 atom stereocenters. The molecule has 0 bridgehead atoms. The number of rotatable bonds is 4. The van der Waals surface area contributed by atoms with Gasteiger partial charge in [0.1, 0.15) is 17.1 Å². The first-order valence-corrected chi connectivity index (χ1v) is 9.72. The number of alkyl halides is 3. The quantitative estimate of drug-likeness (QED) is 0.428. The fraction of sp³-hybridized carbons (Fsp3) is 0.350. The molecule has 1 N–H and O–H groups in total. The number of methoxy groups -OCH3 is 1. The van der Waals surface area contributed by atoms with Crippen molar-refractivity contribution < 1.29 is 36.7 Å². The zero-order valence-corrected chi connectivity index (χ0v) is 17.5. The zero-order valence-electron chi connectivity index (χ0n) is 16.7. The van der Waals surface area contributed by atoms with E-state index in [0.717, 1.165) is 24.1 Å². The Hall–Kier alpha value is -2.92. The number of aliphatic hydroxyl groups is 1. The van der Waals surface area contributed by atoms with Gasteiger partial charge in [0.05, 0.1) is 41.1 Å². The van der Waals surface area contributed by atoms with Gasteiger partial charge in [0.15, 0.2) is 11.5 Å². The predicted octanol–water partition coefficient (Wildman–Crippen LogP) is 4.89. The van der Waals surface area contributed by atoms with E-state index < -0.39 is 57.9 Å². The van der Waals surface area contributed by atoms with Gasteiger partial charge in [0.25, 0.3) is 0 Å². The van der Waals surface area contributed by atoms with Gasteiger partial charge >= 0.3 is 12.1 Å². The first-order valence-electron chi connectivity index (χ1n) is 9.34. The second kappa shape index (κ2) is 7.59. The molecule has 1 aliphatic carbocycles. The van der Waals surface area contributed by atoms with Crippen molar-refractivity contribution in [3.05, 3.63) is 46.5 Å². The summed E-state index contributed by atoms with van der Waals surface area (Å²) in [7, 11) is 1.01. The predicted molar refractivity (Wildman–Crippen MR) is 103 cm³/mol. The maximum Gasteiger partial charge on any atom is 0.433 e. The Morgan fingerprint density at radius 3 is 2.62 bits per heavy atom. The third kappa shape index (κ3) is 3.65. The van der Waals surface area contributed by atoms with Crippen LogP contribution in [0.2, 0.25) is 5.02 Å². The first-order chi connectivity index (χ1) is 14.9. The second-order valence-electron chi connectivity index (χ2n) is 7.73. The lowest BCUT2D eigenvalue weighted by molar-refractivity contribution is -0.148. The number of aromatic nitrogens is 3. The van der Waals surface area contributed by atoms with Gasteiger partial charge in [-0.15, -0.1) is 0 Å². The number of carbonyl (C=O) groups is 1. The number of benzene rings is 1. The first kappa shape index (κ1) is 22.3. The minimum Gasteiger partial charge on any atom is -0.465 e. The van der Waals surface area contributed by atoms with Crippen LogP contribution >= 0.6 is 11.6 Å². The largest absolute Gasteiger partial charge is 0.465 e. The lowest BCUT2D eigenvalue weighted by Crippen LogP contribution is -2.43. The average molecular weight is 474 g/mol. The Morgan fingerprint density at radius 1 is 1.38 bits per heavy atom. The number of carbonyl (C=O) groups excluding carboxylic acids is 1. The Balaban J connectivity index is 1.93. The molecule has 0 spiro atoms. The lowest BCUT2D eigenvalue weighted by Gasteiger charge is -2.41. The van der Waals surface area contributed by atoms with Gasteiger partial charge in [-0.3, -0.25) is 4.68 Å². The van der Waals surface area contributed by atoms with Gasteiger partial charge in [-0.05, 0) is 31.9 Å². The summed E-state index contributed by atoms with van der Waals surface area (Å²) in [5.41, 5.74) is -4.10. The highest BCUT2D eigenvalue weighted by molar-refractivity contribution is 6.33. The fourth-order valence-electron chi connectivity index (χ4n) is 3.88. The van der Waals surface area contributed by atoms with E-state index in [4.69, 9.17) is 20.9 Å². The number of hydrogen-bond acceptors (Lipinski definition) is 6. The van der Waals surface area contributed by atoms with Crippen molar-refractivity contribution >= 4 is 17.6 Å². The Bertz CT molecular complexity index is 1170. The smallest absolute Gasteiger partial charge is 0.433 e. The minimum absolute atomic E-state index is 0.0630. The highest BCUT2D eigenvalue weighted by Crippen LogP contribution is 2.47. The van der Waals surface area contributed by atoms with Crippen LogP contribution in [0.4, 0.5) is 17.6 Å². The van der Waals surface area contributed by atoms with E-state index >= 15 is 0 Å². The summed E-state index contributed by atoms with van der Waals surface area (Å²) in [5.74, 6) is -2.54. The van der Waals surface area contributed by atoms with Crippen molar-refractivity contribution in [2.75, 3.05) is 7.11 Å². The van der Waals surface area contributed by atoms with Crippen LogP contribution in [0.3, 0.4) is 0 Å². The molecule has 1 saturated carbocycles. The lowest BCUT2D eigenvalue weighted by atomic mass is 9.77. The number of ether oxygens (including phenoxy) is 1. The molecule has 1 aliphatic rings. The Labute approximate surface area is 183 Å². The van der Waals surface area contributed by atoms with E-state index in [-0.39, 0.29) is 23.4 Å². The third-order valence-electron chi connectivity index (χ3n) is 5.29.